The maximum atomic E-state index is 9.29. The Labute approximate surface area is 117 Å². The Morgan fingerprint density at radius 1 is 0.833 bits per heavy atom. The van der Waals surface area contributed by atoms with Gasteiger partial charge in [0.15, 0.2) is 0 Å². The van der Waals surface area contributed by atoms with E-state index in [4.69, 9.17) is 20.4 Å². The highest BCUT2D eigenvalue weighted by atomic mass is 32.1. The normalized spacial score (nSPS) is 21.8. The Morgan fingerprint density at radius 3 is 1.11 bits per heavy atom. The molecule has 0 heterocycles. The molecule has 0 bridgehead atoms. The van der Waals surface area contributed by atoms with Crippen LogP contribution in [0.1, 0.15) is 25.7 Å². The van der Waals surface area contributed by atoms with Gasteiger partial charge in [-0.05, 0) is 25.7 Å². The average Bonchev–Trinajstić information content (AvgIpc) is 2.34. The van der Waals surface area contributed by atoms with Crippen LogP contribution in [0.3, 0.4) is 0 Å². The van der Waals surface area contributed by atoms with Crippen molar-refractivity contribution < 1.29 is 30.0 Å². The summed E-state index contributed by atoms with van der Waals surface area (Å²) in [5.41, 5.74) is 0. The Hall–Kier alpha value is -0.440. The van der Waals surface area contributed by atoms with E-state index in [-0.39, 0.29) is 23.7 Å². The lowest BCUT2D eigenvalue weighted by Crippen LogP contribution is -2.21. The molecule has 4 N–H and O–H groups in total. The highest BCUT2D eigenvalue weighted by molar-refractivity contribution is 7.81. The van der Waals surface area contributed by atoms with Gasteiger partial charge in [-0.3, -0.25) is 9.59 Å². The molecule has 0 aromatic heterocycles. The summed E-state index contributed by atoms with van der Waals surface area (Å²) in [6.45, 7) is 0. The van der Waals surface area contributed by atoms with Gasteiger partial charge in [0, 0.05) is 0 Å². The van der Waals surface area contributed by atoms with Gasteiger partial charge in [0.1, 0.15) is 0 Å². The van der Waals surface area contributed by atoms with E-state index in [9.17, 15) is 9.59 Å². The number of thiol groups is 2. The molecular formula is C10H20O6S2. The van der Waals surface area contributed by atoms with E-state index in [2.05, 4.69) is 25.3 Å². The minimum atomic E-state index is -0.881. The van der Waals surface area contributed by atoms with Crippen molar-refractivity contribution in [3.63, 3.8) is 0 Å². The summed E-state index contributed by atoms with van der Waals surface area (Å²) in [6.07, 6.45) is 2.83. The van der Waals surface area contributed by atoms with Crippen molar-refractivity contribution in [2.75, 3.05) is 11.5 Å². The topological polar surface area (TPSA) is 115 Å². The fourth-order valence-corrected chi connectivity index (χ4v) is 1.06. The molecule has 1 aliphatic rings. The van der Waals surface area contributed by atoms with E-state index in [1.54, 1.807) is 0 Å². The van der Waals surface area contributed by atoms with Gasteiger partial charge < -0.3 is 20.4 Å². The highest BCUT2D eigenvalue weighted by Gasteiger charge is 2.15. The second-order valence-corrected chi connectivity index (χ2v) is 4.20. The molecule has 0 atom stereocenters. The third-order valence-electron chi connectivity index (χ3n) is 1.94. The van der Waals surface area contributed by atoms with Gasteiger partial charge in [-0.25, -0.2) is 0 Å². The molecule has 0 saturated heterocycles. The minimum Gasteiger partial charge on any atom is -0.481 e. The number of carboxylic acid groups (broad SMARTS) is 2. The number of hydrogen-bond donors (Lipinski definition) is 6. The zero-order valence-corrected chi connectivity index (χ0v) is 11.7. The van der Waals surface area contributed by atoms with Crippen LogP contribution in [0.2, 0.25) is 0 Å². The van der Waals surface area contributed by atoms with Crippen LogP contribution in [-0.2, 0) is 9.59 Å². The molecule has 0 aliphatic heterocycles. The third-order valence-corrected chi connectivity index (χ3v) is 2.48. The van der Waals surface area contributed by atoms with Gasteiger partial charge in [-0.2, -0.15) is 25.3 Å². The van der Waals surface area contributed by atoms with Crippen molar-refractivity contribution in [2.45, 2.75) is 37.9 Å². The molecule has 6 nitrogen and oxygen atoms in total. The summed E-state index contributed by atoms with van der Waals surface area (Å²) >= 11 is 6.83. The Kier molecular flexibility index (Phi) is 14.4. The highest BCUT2D eigenvalue weighted by Crippen LogP contribution is 2.17. The van der Waals surface area contributed by atoms with E-state index in [1.807, 2.05) is 0 Å². The van der Waals surface area contributed by atoms with Crippen molar-refractivity contribution in [2.24, 2.45) is 0 Å². The quantitative estimate of drug-likeness (QED) is 0.408. The van der Waals surface area contributed by atoms with Crippen molar-refractivity contribution >= 4 is 37.2 Å². The van der Waals surface area contributed by atoms with E-state index in [0.717, 1.165) is 25.7 Å². The number of carbonyl (C=O) groups is 2. The molecular weight excluding hydrogens is 280 g/mol. The van der Waals surface area contributed by atoms with E-state index in [0.29, 0.717) is 0 Å². The number of aliphatic hydroxyl groups is 2. The molecule has 1 aliphatic carbocycles. The second-order valence-electron chi connectivity index (χ2n) is 3.57. The molecule has 0 aromatic carbocycles. The third kappa shape index (κ3) is 17.9. The lowest BCUT2D eigenvalue weighted by molar-refractivity contribution is -0.134. The molecule has 0 radical (unpaired) electrons. The fraction of sp³-hybridized carbons (Fsp3) is 0.800. The van der Waals surface area contributed by atoms with Crippen LogP contribution in [0.15, 0.2) is 0 Å². The van der Waals surface area contributed by atoms with E-state index in [1.165, 1.54) is 0 Å². The maximum absolute atomic E-state index is 9.29. The number of hydrogen-bond acceptors (Lipinski definition) is 6. The number of carboxylic acids is 2. The zero-order valence-electron chi connectivity index (χ0n) is 9.90. The fourth-order valence-electron chi connectivity index (χ4n) is 1.06. The average molecular weight is 300 g/mol. The van der Waals surface area contributed by atoms with E-state index < -0.39 is 11.9 Å². The maximum Gasteiger partial charge on any atom is 0.313 e. The standard InChI is InChI=1S/C6H12O2.2C2H4O2S/c7-5-1-2-6(8)4-3-5;2*3-2(4)1-5/h5-8H,1-4H2;2*5H,1H2,(H,3,4). The van der Waals surface area contributed by atoms with Crippen LogP contribution >= 0.6 is 25.3 Å². The number of aliphatic carboxylic acids is 2. The van der Waals surface area contributed by atoms with Crippen LogP contribution in [-0.4, -0.2) is 56.1 Å². The molecule has 0 aromatic rings. The van der Waals surface area contributed by atoms with E-state index >= 15 is 0 Å². The first-order valence-corrected chi connectivity index (χ1v) is 6.61. The first-order chi connectivity index (χ1) is 8.33. The number of rotatable bonds is 2. The van der Waals surface area contributed by atoms with Gasteiger partial charge in [-0.15, -0.1) is 0 Å². The summed E-state index contributed by atoms with van der Waals surface area (Å²) in [5, 5.41) is 33.1. The van der Waals surface area contributed by atoms with Gasteiger partial charge in [0.25, 0.3) is 0 Å². The first-order valence-electron chi connectivity index (χ1n) is 5.34. The van der Waals surface area contributed by atoms with Crippen molar-refractivity contribution in [3.8, 4) is 0 Å². The summed E-state index contributed by atoms with van der Waals surface area (Å²) in [5.74, 6) is -1.93. The van der Waals surface area contributed by atoms with Crippen molar-refractivity contribution in [1.29, 1.82) is 0 Å². The Morgan fingerprint density at radius 2 is 1.00 bits per heavy atom. The van der Waals surface area contributed by atoms with Crippen LogP contribution in [0.5, 0.6) is 0 Å². The molecule has 1 saturated carbocycles. The van der Waals surface area contributed by atoms with Crippen LogP contribution < -0.4 is 0 Å². The summed E-state index contributed by atoms with van der Waals surface area (Å²) < 4.78 is 0. The summed E-state index contributed by atoms with van der Waals surface area (Å²) in [6, 6.07) is 0. The van der Waals surface area contributed by atoms with Gasteiger partial charge in [0.2, 0.25) is 0 Å². The smallest absolute Gasteiger partial charge is 0.313 e. The predicted octanol–water partition coefficient (Wildman–Crippen LogP) is 0.284. The molecule has 18 heavy (non-hydrogen) atoms. The minimum absolute atomic E-state index is 0.0833. The van der Waals surface area contributed by atoms with Crippen molar-refractivity contribution in [1.82, 2.24) is 0 Å². The lowest BCUT2D eigenvalue weighted by Gasteiger charge is -2.20. The van der Waals surface area contributed by atoms with Gasteiger partial charge in [-0.1, -0.05) is 0 Å². The molecule has 108 valence electrons. The Bertz CT molecular complexity index is 204. The molecule has 0 spiro atoms. The monoisotopic (exact) mass is 300 g/mol. The summed E-state index contributed by atoms with van der Waals surface area (Å²) in [4.78, 5) is 18.6. The largest absolute Gasteiger partial charge is 0.481 e. The Balaban J connectivity index is 0. The molecule has 1 fully saturated rings. The molecule has 1 rings (SSSR count). The predicted molar refractivity (Wildman–Crippen MR) is 73.5 cm³/mol. The molecule has 0 amide bonds. The first kappa shape index (κ1) is 19.9. The van der Waals surface area contributed by atoms with Crippen LogP contribution in [0, 0.1) is 0 Å². The molecule has 8 heteroatoms. The lowest BCUT2D eigenvalue weighted by atomic mass is 9.95. The molecule has 0 unspecified atom stereocenters. The van der Waals surface area contributed by atoms with Crippen LogP contribution in [0.25, 0.3) is 0 Å². The zero-order chi connectivity index (χ0) is 14.6. The van der Waals surface area contributed by atoms with Crippen LogP contribution in [0.4, 0.5) is 0 Å². The SMILES string of the molecule is O=C(O)CS.O=C(O)CS.OC1CCC(O)CC1. The summed E-state index contributed by atoms with van der Waals surface area (Å²) in [7, 11) is 0. The van der Waals surface area contributed by atoms with Gasteiger partial charge in [0.05, 0.1) is 23.7 Å². The second kappa shape index (κ2) is 13.0. The van der Waals surface area contributed by atoms with Gasteiger partial charge >= 0.3 is 11.9 Å². The van der Waals surface area contributed by atoms with Crippen molar-refractivity contribution in [3.05, 3.63) is 0 Å². The number of aliphatic hydroxyl groups excluding tert-OH is 2.